The van der Waals surface area contributed by atoms with Gasteiger partial charge in [-0.25, -0.2) is 4.79 Å². The fraction of sp³-hybridized carbons (Fsp3) is 0.273. The summed E-state index contributed by atoms with van der Waals surface area (Å²) in [6.45, 7) is 0. The number of nitrogens with zero attached hydrogens (tertiary/aromatic N) is 1. The third-order valence-corrected chi connectivity index (χ3v) is 2.71. The van der Waals surface area contributed by atoms with Crippen LogP contribution >= 0.6 is 12.6 Å². The molecule has 0 saturated carbocycles. The Hall–Kier alpha value is -1.69. The first-order valence-corrected chi connectivity index (χ1v) is 5.75. The van der Waals surface area contributed by atoms with Gasteiger partial charge in [0.15, 0.2) is 5.58 Å². The first-order chi connectivity index (χ1) is 8.11. The van der Waals surface area contributed by atoms with E-state index in [1.54, 1.807) is 25.2 Å². The highest BCUT2D eigenvalue weighted by Crippen LogP contribution is 2.19. The Bertz CT molecular complexity index is 602. The predicted octanol–water partition coefficient (Wildman–Crippen LogP) is 1.40. The fourth-order valence-electron chi connectivity index (χ4n) is 1.56. The van der Waals surface area contributed by atoms with Gasteiger partial charge >= 0.3 is 5.76 Å². The summed E-state index contributed by atoms with van der Waals surface area (Å²) in [6.07, 6.45) is 0.375. The lowest BCUT2D eigenvalue weighted by atomic mass is 10.2. The van der Waals surface area contributed by atoms with E-state index in [2.05, 4.69) is 17.6 Å². The minimum atomic E-state index is -0.499. The summed E-state index contributed by atoms with van der Waals surface area (Å²) in [7, 11) is 1.69. The Kier molecular flexibility index (Phi) is 3.23. The topological polar surface area (TPSA) is 66.3 Å². The van der Waals surface area contributed by atoms with Crippen molar-refractivity contribution in [2.45, 2.75) is 6.42 Å². The summed E-state index contributed by atoms with van der Waals surface area (Å²) in [5.41, 5.74) is 1.77. The number of amides is 1. The molecule has 0 fully saturated rings. The Morgan fingerprint density at radius 2 is 2.29 bits per heavy atom. The highest BCUT2D eigenvalue weighted by molar-refractivity contribution is 7.80. The number of aromatic amines is 1. The molecule has 0 bridgehead atoms. The molecule has 2 aromatic rings. The number of carbonyl (C=O) groups excluding carboxylic acids is 1. The van der Waals surface area contributed by atoms with Gasteiger partial charge in [0.1, 0.15) is 0 Å². The molecular formula is C11H12N2O3S. The van der Waals surface area contributed by atoms with Gasteiger partial charge in [-0.2, -0.15) is 12.6 Å². The molecule has 1 N–H and O–H groups in total. The van der Waals surface area contributed by atoms with Gasteiger partial charge < -0.3 is 9.32 Å². The molecule has 1 aromatic heterocycles. The molecule has 0 aliphatic carbocycles. The number of aromatic nitrogens is 1. The Morgan fingerprint density at radius 3 is 3.00 bits per heavy atom. The van der Waals surface area contributed by atoms with Gasteiger partial charge in [0.05, 0.1) is 5.52 Å². The van der Waals surface area contributed by atoms with Crippen LogP contribution in [0, 0.1) is 0 Å². The Balaban J connectivity index is 2.35. The number of oxazole rings is 1. The molecule has 90 valence electrons. The monoisotopic (exact) mass is 252 g/mol. The molecule has 2 rings (SSSR count). The van der Waals surface area contributed by atoms with Crippen LogP contribution in [0.25, 0.3) is 11.1 Å². The maximum absolute atomic E-state index is 11.7. The zero-order valence-electron chi connectivity index (χ0n) is 9.27. The molecule has 5 nitrogen and oxygen atoms in total. The van der Waals surface area contributed by atoms with E-state index >= 15 is 0 Å². The van der Waals surface area contributed by atoms with E-state index < -0.39 is 5.76 Å². The second-order valence-corrected chi connectivity index (χ2v) is 4.07. The predicted molar refractivity (Wildman–Crippen MR) is 68.7 cm³/mol. The van der Waals surface area contributed by atoms with Gasteiger partial charge in [0, 0.05) is 19.2 Å². The van der Waals surface area contributed by atoms with Crippen LogP contribution in [0.2, 0.25) is 0 Å². The molecule has 0 spiro atoms. The van der Waals surface area contributed by atoms with Gasteiger partial charge in [-0.15, -0.1) is 0 Å². The van der Waals surface area contributed by atoms with Crippen molar-refractivity contribution in [1.29, 1.82) is 0 Å². The number of hydrogen-bond donors (Lipinski definition) is 2. The molecule has 1 heterocycles. The molecule has 0 atom stereocenters. The first kappa shape index (κ1) is 11.8. The van der Waals surface area contributed by atoms with Gasteiger partial charge in [-0.3, -0.25) is 9.78 Å². The lowest BCUT2D eigenvalue weighted by molar-refractivity contribution is -0.117. The van der Waals surface area contributed by atoms with Crippen LogP contribution in [0.15, 0.2) is 27.4 Å². The molecule has 0 aliphatic heterocycles. The molecule has 0 radical (unpaired) electrons. The van der Waals surface area contributed by atoms with Crippen molar-refractivity contribution in [3.63, 3.8) is 0 Å². The van der Waals surface area contributed by atoms with Crippen LogP contribution in [0.3, 0.4) is 0 Å². The number of thiol groups is 1. The lowest BCUT2D eigenvalue weighted by Gasteiger charge is -2.16. The third kappa shape index (κ3) is 2.36. The average Bonchev–Trinajstić information content (AvgIpc) is 2.67. The summed E-state index contributed by atoms with van der Waals surface area (Å²) < 4.78 is 4.88. The number of nitrogens with one attached hydrogen (secondary N) is 1. The van der Waals surface area contributed by atoms with Crippen LogP contribution in [0.4, 0.5) is 5.69 Å². The molecule has 0 aliphatic rings. The smallest absolute Gasteiger partial charge is 0.408 e. The van der Waals surface area contributed by atoms with Gasteiger partial charge in [-0.1, -0.05) is 0 Å². The maximum atomic E-state index is 11.7. The minimum absolute atomic E-state index is 0.0230. The van der Waals surface area contributed by atoms with E-state index in [4.69, 9.17) is 4.42 Å². The van der Waals surface area contributed by atoms with Crippen molar-refractivity contribution in [1.82, 2.24) is 4.98 Å². The van der Waals surface area contributed by atoms with Crippen LogP contribution in [-0.4, -0.2) is 23.7 Å². The molecular weight excluding hydrogens is 240 g/mol. The number of anilines is 1. The summed E-state index contributed by atoms with van der Waals surface area (Å²) in [4.78, 5) is 26.7. The highest BCUT2D eigenvalue weighted by atomic mass is 32.1. The number of benzene rings is 1. The Labute approximate surface area is 103 Å². The van der Waals surface area contributed by atoms with Crippen LogP contribution in [0.5, 0.6) is 0 Å². The van der Waals surface area contributed by atoms with E-state index in [1.807, 2.05) is 0 Å². The number of carbonyl (C=O) groups is 1. The second-order valence-electron chi connectivity index (χ2n) is 3.62. The lowest BCUT2D eigenvalue weighted by Crippen LogP contribution is -2.26. The Morgan fingerprint density at radius 1 is 1.53 bits per heavy atom. The van der Waals surface area contributed by atoms with E-state index in [1.165, 1.54) is 4.90 Å². The molecule has 1 amide bonds. The van der Waals surface area contributed by atoms with Crippen LogP contribution in [0.1, 0.15) is 6.42 Å². The van der Waals surface area contributed by atoms with E-state index in [0.717, 1.165) is 0 Å². The van der Waals surface area contributed by atoms with Crippen LogP contribution in [-0.2, 0) is 4.79 Å². The molecule has 1 aromatic carbocycles. The normalized spacial score (nSPS) is 10.7. The van der Waals surface area contributed by atoms with E-state index in [-0.39, 0.29) is 5.91 Å². The van der Waals surface area contributed by atoms with Gasteiger partial charge in [0.2, 0.25) is 5.91 Å². The van der Waals surface area contributed by atoms with Crippen molar-refractivity contribution >= 4 is 35.3 Å². The molecule has 0 unspecified atom stereocenters. The zero-order valence-corrected chi connectivity index (χ0v) is 10.2. The van der Waals surface area contributed by atoms with E-state index in [0.29, 0.717) is 29.0 Å². The number of H-pyrrole nitrogens is 1. The zero-order chi connectivity index (χ0) is 12.4. The minimum Gasteiger partial charge on any atom is -0.408 e. The average molecular weight is 252 g/mol. The standard InChI is InChI=1S/C11H12N2O3S/c1-13(10(14)4-5-17)7-2-3-9-8(6-7)12-11(15)16-9/h2-3,6,17H,4-5H2,1H3,(H,12,15). The van der Waals surface area contributed by atoms with Crippen molar-refractivity contribution in [2.24, 2.45) is 0 Å². The van der Waals surface area contributed by atoms with Crippen LogP contribution < -0.4 is 10.7 Å². The van der Waals surface area contributed by atoms with Crippen molar-refractivity contribution in [3.8, 4) is 0 Å². The number of hydrogen-bond acceptors (Lipinski definition) is 4. The van der Waals surface area contributed by atoms with E-state index in [9.17, 15) is 9.59 Å². The maximum Gasteiger partial charge on any atom is 0.417 e. The quantitative estimate of drug-likeness (QED) is 0.811. The summed E-state index contributed by atoms with van der Waals surface area (Å²) in [5.74, 6) is -0.0137. The SMILES string of the molecule is CN(C(=O)CCS)c1ccc2oc(=O)[nH]c2c1. The molecule has 6 heteroatoms. The summed E-state index contributed by atoms with van der Waals surface area (Å²) in [6, 6.07) is 5.10. The van der Waals surface area contributed by atoms with Gasteiger partial charge in [0.25, 0.3) is 0 Å². The molecule has 0 saturated heterocycles. The molecule has 17 heavy (non-hydrogen) atoms. The highest BCUT2D eigenvalue weighted by Gasteiger charge is 2.11. The fourth-order valence-corrected chi connectivity index (χ4v) is 1.75. The largest absolute Gasteiger partial charge is 0.417 e. The van der Waals surface area contributed by atoms with Crippen molar-refractivity contribution in [3.05, 3.63) is 28.7 Å². The number of fused-ring (bicyclic) bond motifs is 1. The summed E-state index contributed by atoms with van der Waals surface area (Å²) >= 11 is 4.02. The summed E-state index contributed by atoms with van der Waals surface area (Å²) in [5, 5.41) is 0. The number of rotatable bonds is 3. The second kappa shape index (κ2) is 4.67. The van der Waals surface area contributed by atoms with Crippen molar-refractivity contribution < 1.29 is 9.21 Å². The third-order valence-electron chi connectivity index (χ3n) is 2.49. The van der Waals surface area contributed by atoms with Gasteiger partial charge in [-0.05, 0) is 24.0 Å². The first-order valence-electron chi connectivity index (χ1n) is 5.12. The van der Waals surface area contributed by atoms with Crippen molar-refractivity contribution in [2.75, 3.05) is 17.7 Å².